The number of ether oxygens (including phenoxy) is 3. The van der Waals surface area contributed by atoms with E-state index in [-0.39, 0.29) is 13.4 Å². The van der Waals surface area contributed by atoms with Crippen LogP contribution in [0.15, 0.2) is 48.5 Å². The van der Waals surface area contributed by atoms with Gasteiger partial charge in [0.25, 0.3) is 0 Å². The van der Waals surface area contributed by atoms with E-state index in [1.807, 2.05) is 12.1 Å². The summed E-state index contributed by atoms with van der Waals surface area (Å²) in [5.41, 5.74) is 1.35. The van der Waals surface area contributed by atoms with Crippen molar-refractivity contribution in [3.8, 4) is 17.2 Å². The van der Waals surface area contributed by atoms with Crippen LogP contribution in [0.1, 0.15) is 5.56 Å². The lowest BCUT2D eigenvalue weighted by molar-refractivity contribution is 0.0446. The largest absolute Gasteiger partial charge is 0.491 e. The average Bonchev–Trinajstić information content (AvgIpc) is 3.17. The molecule has 4 rings (SSSR count). The Labute approximate surface area is 159 Å². The van der Waals surface area contributed by atoms with Crippen LogP contribution in [-0.4, -0.2) is 67.1 Å². The Morgan fingerprint density at radius 1 is 0.926 bits per heavy atom. The number of nitrogens with zero attached hydrogens (tertiary/aromatic N) is 2. The molecule has 1 saturated heterocycles. The molecule has 0 unspecified atom stereocenters. The van der Waals surface area contributed by atoms with Crippen LogP contribution in [0.5, 0.6) is 17.2 Å². The Kier molecular flexibility index (Phi) is 5.77. The maximum absolute atomic E-state index is 10.3. The second-order valence-corrected chi connectivity index (χ2v) is 7.04. The number of piperazine rings is 1. The van der Waals surface area contributed by atoms with Crippen LogP contribution >= 0.6 is 0 Å². The number of benzene rings is 2. The molecular formula is C21H26N2O4. The molecule has 1 N–H and O–H groups in total. The summed E-state index contributed by atoms with van der Waals surface area (Å²) in [6.07, 6.45) is -0.518. The Morgan fingerprint density at radius 3 is 2.48 bits per heavy atom. The number of β-amino-alcohol motifs (C(OH)–C–C–N with tert-alkyl or cyclic N) is 1. The molecule has 0 spiro atoms. The lowest BCUT2D eigenvalue weighted by Gasteiger charge is -2.35. The van der Waals surface area contributed by atoms with Crippen LogP contribution in [0.25, 0.3) is 0 Å². The summed E-state index contributed by atoms with van der Waals surface area (Å²) in [6.45, 7) is 6.10. The molecule has 0 bridgehead atoms. The van der Waals surface area contributed by atoms with Crippen LogP contribution in [0, 0.1) is 0 Å². The third-order valence-electron chi connectivity index (χ3n) is 4.97. The highest BCUT2D eigenvalue weighted by Gasteiger charge is 2.20. The first kappa shape index (κ1) is 18.1. The van der Waals surface area contributed by atoms with Gasteiger partial charge >= 0.3 is 0 Å². The van der Waals surface area contributed by atoms with Gasteiger partial charge in [0, 0.05) is 45.3 Å². The van der Waals surface area contributed by atoms with Crippen molar-refractivity contribution in [2.24, 2.45) is 0 Å². The van der Waals surface area contributed by atoms with Gasteiger partial charge in [-0.3, -0.25) is 9.80 Å². The normalized spacial score (nSPS) is 18.4. The van der Waals surface area contributed by atoms with E-state index in [1.165, 1.54) is 5.56 Å². The summed E-state index contributed by atoms with van der Waals surface area (Å²) in [6, 6.07) is 16.0. The maximum atomic E-state index is 10.3. The maximum Gasteiger partial charge on any atom is 0.231 e. The molecule has 0 saturated carbocycles. The molecule has 6 heteroatoms. The molecule has 2 heterocycles. The number of hydrogen-bond donors (Lipinski definition) is 1. The van der Waals surface area contributed by atoms with Gasteiger partial charge in [-0.25, -0.2) is 0 Å². The van der Waals surface area contributed by atoms with E-state index in [9.17, 15) is 5.11 Å². The van der Waals surface area contributed by atoms with E-state index in [0.29, 0.717) is 18.0 Å². The van der Waals surface area contributed by atoms with Gasteiger partial charge < -0.3 is 19.3 Å². The number of aliphatic hydroxyl groups is 1. The summed E-state index contributed by atoms with van der Waals surface area (Å²) < 4.78 is 16.3. The van der Waals surface area contributed by atoms with Crippen LogP contribution < -0.4 is 14.2 Å². The molecule has 2 aliphatic rings. The first-order valence-electron chi connectivity index (χ1n) is 9.45. The summed E-state index contributed by atoms with van der Waals surface area (Å²) in [7, 11) is 0. The quantitative estimate of drug-likeness (QED) is 0.804. The molecule has 144 valence electrons. The van der Waals surface area contributed by atoms with Gasteiger partial charge in [0.15, 0.2) is 11.5 Å². The fourth-order valence-electron chi connectivity index (χ4n) is 3.48. The van der Waals surface area contributed by atoms with E-state index < -0.39 is 6.10 Å². The van der Waals surface area contributed by atoms with Gasteiger partial charge in [0.05, 0.1) is 0 Å². The van der Waals surface area contributed by atoms with Gasteiger partial charge in [-0.2, -0.15) is 0 Å². The van der Waals surface area contributed by atoms with Gasteiger partial charge in [-0.15, -0.1) is 0 Å². The highest BCUT2D eigenvalue weighted by Crippen LogP contribution is 2.35. The van der Waals surface area contributed by atoms with Crippen molar-refractivity contribution in [3.05, 3.63) is 54.1 Å². The number of fused-ring (bicyclic) bond motifs is 1. The summed E-state index contributed by atoms with van der Waals surface area (Å²) in [4.78, 5) is 4.76. The first-order valence-corrected chi connectivity index (χ1v) is 9.45. The van der Waals surface area contributed by atoms with Crippen LogP contribution in [0.3, 0.4) is 0 Å². The van der Waals surface area contributed by atoms with Gasteiger partial charge in [0.1, 0.15) is 18.5 Å². The Hall–Kier alpha value is -2.28. The number of hydrogen-bond acceptors (Lipinski definition) is 6. The predicted octanol–water partition coefficient (Wildman–Crippen LogP) is 1.97. The average molecular weight is 370 g/mol. The molecule has 2 aliphatic heterocycles. The second-order valence-electron chi connectivity index (χ2n) is 7.04. The monoisotopic (exact) mass is 370 g/mol. The Balaban J connectivity index is 1.18. The highest BCUT2D eigenvalue weighted by atomic mass is 16.7. The predicted molar refractivity (Wildman–Crippen MR) is 102 cm³/mol. The molecule has 0 amide bonds. The van der Waals surface area contributed by atoms with E-state index >= 15 is 0 Å². The van der Waals surface area contributed by atoms with Crippen molar-refractivity contribution in [2.45, 2.75) is 12.6 Å². The molecule has 0 aliphatic carbocycles. The molecule has 2 aromatic carbocycles. The zero-order valence-electron chi connectivity index (χ0n) is 15.4. The zero-order chi connectivity index (χ0) is 18.5. The van der Waals surface area contributed by atoms with Gasteiger partial charge in [0.2, 0.25) is 6.79 Å². The summed E-state index contributed by atoms with van der Waals surface area (Å²) in [5.74, 6) is 2.11. The molecule has 0 radical (unpaired) electrons. The minimum absolute atomic E-state index is 0.248. The standard InChI is InChI=1S/C21H26N2O4/c24-18(15-25-19-6-7-20-21(12-19)27-16-26-20)14-23-10-8-22(9-11-23)13-17-4-2-1-3-5-17/h1-7,12,18,24H,8-11,13-16H2/t18-/m0/s1. The minimum Gasteiger partial charge on any atom is -0.491 e. The van der Waals surface area contributed by atoms with Crippen molar-refractivity contribution in [1.29, 1.82) is 0 Å². The van der Waals surface area contributed by atoms with E-state index in [1.54, 1.807) is 6.07 Å². The van der Waals surface area contributed by atoms with Crippen molar-refractivity contribution in [2.75, 3.05) is 46.1 Å². The fourth-order valence-corrected chi connectivity index (χ4v) is 3.48. The Morgan fingerprint density at radius 2 is 1.67 bits per heavy atom. The Bertz CT molecular complexity index is 732. The van der Waals surface area contributed by atoms with Crippen LogP contribution in [0.2, 0.25) is 0 Å². The lowest BCUT2D eigenvalue weighted by atomic mass is 10.2. The molecule has 2 aromatic rings. The number of rotatable bonds is 7. The number of aliphatic hydroxyl groups excluding tert-OH is 1. The summed E-state index contributed by atoms with van der Waals surface area (Å²) in [5, 5.41) is 10.3. The van der Waals surface area contributed by atoms with E-state index in [4.69, 9.17) is 14.2 Å². The van der Waals surface area contributed by atoms with Gasteiger partial charge in [-0.1, -0.05) is 30.3 Å². The molecular weight excluding hydrogens is 344 g/mol. The minimum atomic E-state index is -0.518. The second kappa shape index (κ2) is 8.61. The van der Waals surface area contributed by atoms with Crippen molar-refractivity contribution < 1.29 is 19.3 Å². The fraction of sp³-hybridized carbons (Fsp3) is 0.429. The molecule has 0 aromatic heterocycles. The highest BCUT2D eigenvalue weighted by molar-refractivity contribution is 5.46. The van der Waals surface area contributed by atoms with E-state index in [2.05, 4.69) is 40.1 Å². The molecule has 27 heavy (non-hydrogen) atoms. The molecule has 1 fully saturated rings. The lowest BCUT2D eigenvalue weighted by Crippen LogP contribution is -2.48. The third-order valence-corrected chi connectivity index (χ3v) is 4.97. The molecule has 6 nitrogen and oxygen atoms in total. The van der Waals surface area contributed by atoms with Crippen LogP contribution in [-0.2, 0) is 6.54 Å². The van der Waals surface area contributed by atoms with Crippen molar-refractivity contribution in [1.82, 2.24) is 9.80 Å². The zero-order valence-corrected chi connectivity index (χ0v) is 15.4. The first-order chi connectivity index (χ1) is 13.3. The SMILES string of the molecule is O[C@H](COc1ccc2c(c1)OCO2)CN1CCN(Cc2ccccc2)CC1. The van der Waals surface area contributed by atoms with E-state index in [0.717, 1.165) is 38.5 Å². The van der Waals surface area contributed by atoms with Gasteiger partial charge in [-0.05, 0) is 17.7 Å². The molecule has 1 atom stereocenters. The van der Waals surface area contributed by atoms with Crippen molar-refractivity contribution >= 4 is 0 Å². The smallest absolute Gasteiger partial charge is 0.231 e. The van der Waals surface area contributed by atoms with Crippen LogP contribution in [0.4, 0.5) is 0 Å². The topological polar surface area (TPSA) is 54.4 Å². The third kappa shape index (κ3) is 4.91. The summed E-state index contributed by atoms with van der Waals surface area (Å²) >= 11 is 0. The van der Waals surface area contributed by atoms with Crippen molar-refractivity contribution in [3.63, 3.8) is 0 Å².